The van der Waals surface area contributed by atoms with Crippen LogP contribution in [0.4, 0.5) is 0 Å². The maximum Gasteiger partial charge on any atom is 0.306 e. The minimum absolute atomic E-state index is 0.0392. The summed E-state index contributed by atoms with van der Waals surface area (Å²) in [4.78, 5) is 37.1. The lowest BCUT2D eigenvalue weighted by molar-refractivity contribution is -0.889. The molecule has 0 aliphatic rings. The molecule has 0 rings (SSSR count). The van der Waals surface area contributed by atoms with E-state index in [1.54, 1.807) is 21.1 Å². The van der Waals surface area contributed by atoms with Crippen molar-refractivity contribution in [3.63, 3.8) is 0 Å². The Labute approximate surface area is 395 Å². The van der Waals surface area contributed by atoms with Crippen LogP contribution in [-0.2, 0) is 28.6 Å². The van der Waals surface area contributed by atoms with E-state index in [9.17, 15) is 19.5 Å². The molecule has 2 unspecified atom stereocenters. The first kappa shape index (κ1) is 61.3. The number of ether oxygens (including phenoxy) is 3. The molecule has 64 heavy (non-hydrogen) atoms. The van der Waals surface area contributed by atoms with E-state index in [-0.39, 0.29) is 42.7 Å². The van der Waals surface area contributed by atoms with Crippen LogP contribution in [0.3, 0.4) is 0 Å². The maximum absolute atomic E-state index is 12.8. The summed E-state index contributed by atoms with van der Waals surface area (Å²) < 4.78 is 17.3. The van der Waals surface area contributed by atoms with Gasteiger partial charge in [0.25, 0.3) is 0 Å². The van der Waals surface area contributed by atoms with Crippen LogP contribution >= 0.6 is 0 Å². The molecule has 0 saturated carbocycles. The highest BCUT2D eigenvalue weighted by Gasteiger charge is 2.25. The molecule has 0 spiro atoms. The maximum atomic E-state index is 12.8. The van der Waals surface area contributed by atoms with Crippen LogP contribution in [0.5, 0.6) is 0 Å². The summed E-state index contributed by atoms with van der Waals surface area (Å²) >= 11 is 0. The van der Waals surface area contributed by atoms with Crippen LogP contribution < -0.4 is 5.11 Å². The third-order valence-corrected chi connectivity index (χ3v) is 11.9. The third kappa shape index (κ3) is 44.5. The van der Waals surface area contributed by atoms with Gasteiger partial charge in [0.05, 0.1) is 40.3 Å². The van der Waals surface area contributed by atoms with Crippen molar-refractivity contribution in [1.82, 2.24) is 0 Å². The van der Waals surface area contributed by atoms with Gasteiger partial charge in [0.2, 0.25) is 0 Å². The Balaban J connectivity index is 4.21. The fourth-order valence-electron chi connectivity index (χ4n) is 7.85. The van der Waals surface area contributed by atoms with Crippen molar-refractivity contribution in [2.24, 2.45) is 0 Å². The minimum atomic E-state index is -1.12. The largest absolute Gasteiger partial charge is 0.544 e. The standard InChI is InChI=1S/C56H101NO7/c1-6-8-10-12-14-16-18-20-22-24-26-27-29-30-32-34-36-38-40-42-44-46-54(58)63-51-52(50-62-49-48-53(56(60)61)57(3,4)5)64-55(59)47-45-43-41-39-37-35-33-31-28-25-23-21-19-17-15-13-11-9-7-2/h8,10,14,16,20,22,25,28,52-53H,6-7,9,11-13,15,17-19,21,23-24,26-27,29-51H2,1-5H3/b10-8+,16-14+,22-20+,28-25+. The van der Waals surface area contributed by atoms with E-state index in [4.69, 9.17) is 14.2 Å². The van der Waals surface area contributed by atoms with E-state index in [0.29, 0.717) is 12.8 Å². The number of unbranched alkanes of at least 4 members (excludes halogenated alkanes) is 26. The van der Waals surface area contributed by atoms with Crippen molar-refractivity contribution in [3.05, 3.63) is 48.6 Å². The van der Waals surface area contributed by atoms with Crippen molar-refractivity contribution in [1.29, 1.82) is 0 Å². The first-order chi connectivity index (χ1) is 31.1. The second-order valence-corrected chi connectivity index (χ2v) is 19.1. The van der Waals surface area contributed by atoms with Gasteiger partial charge in [-0.3, -0.25) is 9.59 Å². The zero-order chi connectivity index (χ0) is 47.0. The van der Waals surface area contributed by atoms with Gasteiger partial charge in [-0.25, -0.2) is 0 Å². The molecule has 2 atom stereocenters. The predicted octanol–water partition coefficient (Wildman–Crippen LogP) is 14.2. The van der Waals surface area contributed by atoms with Crippen LogP contribution in [0.15, 0.2) is 48.6 Å². The summed E-state index contributed by atoms with van der Waals surface area (Å²) in [5, 5.41) is 11.7. The molecule has 0 fully saturated rings. The lowest BCUT2D eigenvalue weighted by Gasteiger charge is -2.34. The van der Waals surface area contributed by atoms with E-state index in [1.165, 1.54) is 148 Å². The average molecular weight is 900 g/mol. The van der Waals surface area contributed by atoms with E-state index in [2.05, 4.69) is 62.5 Å². The second kappa shape index (κ2) is 46.8. The molecule has 0 aliphatic carbocycles. The zero-order valence-corrected chi connectivity index (χ0v) is 42.4. The van der Waals surface area contributed by atoms with Gasteiger partial charge in [-0.1, -0.05) is 197 Å². The molecule has 0 N–H and O–H groups in total. The van der Waals surface area contributed by atoms with Gasteiger partial charge in [0, 0.05) is 19.3 Å². The Morgan fingerprint density at radius 3 is 1.31 bits per heavy atom. The number of carboxylic acids is 1. The van der Waals surface area contributed by atoms with Gasteiger partial charge in [0.1, 0.15) is 12.6 Å². The van der Waals surface area contributed by atoms with Crippen molar-refractivity contribution in [3.8, 4) is 0 Å². The second-order valence-electron chi connectivity index (χ2n) is 19.1. The number of allylic oxidation sites excluding steroid dienone is 8. The number of carboxylic acid groups (broad SMARTS) is 1. The van der Waals surface area contributed by atoms with Gasteiger partial charge < -0.3 is 28.6 Å². The van der Waals surface area contributed by atoms with Crippen molar-refractivity contribution >= 4 is 17.9 Å². The molecule has 0 bridgehead atoms. The average Bonchev–Trinajstić information content (AvgIpc) is 3.26. The van der Waals surface area contributed by atoms with Gasteiger partial charge in [-0.2, -0.15) is 0 Å². The van der Waals surface area contributed by atoms with Crippen molar-refractivity contribution < 1.29 is 38.2 Å². The Bertz CT molecular complexity index is 1190. The molecule has 0 aliphatic heterocycles. The number of carbonyl (C=O) groups is 3. The van der Waals surface area contributed by atoms with Crippen LogP contribution in [0.1, 0.15) is 239 Å². The molecular weight excluding hydrogens is 799 g/mol. The van der Waals surface area contributed by atoms with Crippen LogP contribution in [-0.4, -0.2) is 75.5 Å². The molecule has 0 aromatic carbocycles. The zero-order valence-electron chi connectivity index (χ0n) is 42.4. The summed E-state index contributed by atoms with van der Waals surface area (Å²) in [6.07, 6.45) is 57.1. The number of nitrogens with zero attached hydrogens (tertiary/aromatic N) is 1. The van der Waals surface area contributed by atoms with Crippen molar-refractivity contribution in [2.75, 3.05) is 41.0 Å². The topological polar surface area (TPSA) is 102 Å². The van der Waals surface area contributed by atoms with E-state index < -0.39 is 18.1 Å². The highest BCUT2D eigenvalue weighted by molar-refractivity contribution is 5.70. The van der Waals surface area contributed by atoms with E-state index in [1.807, 2.05) is 0 Å². The molecule has 0 saturated heterocycles. The summed E-state index contributed by atoms with van der Waals surface area (Å²) in [5.41, 5.74) is 0. The van der Waals surface area contributed by atoms with Gasteiger partial charge in [0.15, 0.2) is 6.10 Å². The Kier molecular flexibility index (Phi) is 44.8. The first-order valence-electron chi connectivity index (χ1n) is 26.7. The SMILES string of the molecule is CC/C=C/C/C=C/C/C=C/CCCCCCCCCCCCCC(=O)OCC(COCCC(C(=O)[O-])[N+](C)(C)C)OC(=O)CCCCCCCCC/C=C/CCCCCCCCCC. The van der Waals surface area contributed by atoms with Crippen LogP contribution in [0, 0.1) is 0 Å². The van der Waals surface area contributed by atoms with Gasteiger partial charge >= 0.3 is 11.9 Å². The number of likely N-dealkylation sites (N-methyl/N-ethyl adjacent to an activating group) is 1. The molecule has 0 heterocycles. The van der Waals surface area contributed by atoms with E-state index in [0.717, 1.165) is 57.8 Å². The minimum Gasteiger partial charge on any atom is -0.544 e. The van der Waals surface area contributed by atoms with Gasteiger partial charge in [-0.15, -0.1) is 0 Å². The molecule has 0 amide bonds. The number of quaternary nitrogens is 1. The molecule has 372 valence electrons. The molecule has 0 aromatic rings. The Hall–Kier alpha value is -2.71. The first-order valence-corrected chi connectivity index (χ1v) is 26.7. The monoisotopic (exact) mass is 900 g/mol. The Morgan fingerprint density at radius 1 is 0.484 bits per heavy atom. The van der Waals surface area contributed by atoms with Crippen LogP contribution in [0.2, 0.25) is 0 Å². The number of esters is 2. The van der Waals surface area contributed by atoms with Crippen molar-refractivity contribution in [2.45, 2.75) is 251 Å². The van der Waals surface area contributed by atoms with E-state index >= 15 is 0 Å². The highest BCUT2D eigenvalue weighted by Crippen LogP contribution is 2.16. The lowest BCUT2D eigenvalue weighted by atomic mass is 10.0. The number of hydrogen-bond donors (Lipinski definition) is 0. The predicted molar refractivity (Wildman–Crippen MR) is 268 cm³/mol. The van der Waals surface area contributed by atoms with Gasteiger partial charge in [-0.05, 0) is 70.6 Å². The molecular formula is C56H101NO7. The number of carbonyl (C=O) groups excluding carboxylic acids is 3. The number of aliphatic carboxylic acids is 1. The fourth-order valence-corrected chi connectivity index (χ4v) is 7.85. The summed E-state index contributed by atoms with van der Waals surface area (Å²) in [7, 11) is 5.42. The molecule has 0 aromatic heterocycles. The normalized spacial score (nSPS) is 13.2. The summed E-state index contributed by atoms with van der Waals surface area (Å²) in [6, 6.07) is -0.728. The van der Waals surface area contributed by atoms with Crippen LogP contribution in [0.25, 0.3) is 0 Å². The molecule has 0 radical (unpaired) electrons. The smallest absolute Gasteiger partial charge is 0.306 e. The fraction of sp³-hybridized carbons (Fsp3) is 0.804. The Morgan fingerprint density at radius 2 is 0.875 bits per heavy atom. The highest BCUT2D eigenvalue weighted by atomic mass is 16.6. The number of rotatable bonds is 48. The number of hydrogen-bond acceptors (Lipinski definition) is 7. The molecule has 8 heteroatoms. The quantitative estimate of drug-likeness (QED) is 0.0259. The summed E-state index contributed by atoms with van der Waals surface area (Å²) in [6.45, 7) is 4.57. The summed E-state index contributed by atoms with van der Waals surface area (Å²) in [5.74, 6) is -1.73. The third-order valence-electron chi connectivity index (χ3n) is 11.9. The lowest BCUT2D eigenvalue weighted by Crippen LogP contribution is -2.55. The molecule has 8 nitrogen and oxygen atoms in total.